The van der Waals surface area contributed by atoms with E-state index in [9.17, 15) is 0 Å². The SMILES string of the molecule is CC(CNCc1c[nH]c2ccccc12)NS. The smallest absolute Gasteiger partial charge is 0.0457 e. The van der Waals surface area contributed by atoms with Crippen molar-refractivity contribution in [1.82, 2.24) is 15.0 Å². The Balaban J connectivity index is 1.99. The summed E-state index contributed by atoms with van der Waals surface area (Å²) in [7, 11) is 0. The van der Waals surface area contributed by atoms with Gasteiger partial charge in [-0.15, -0.1) is 0 Å². The second kappa shape index (κ2) is 5.39. The highest BCUT2D eigenvalue weighted by Crippen LogP contribution is 2.17. The van der Waals surface area contributed by atoms with Gasteiger partial charge in [0.25, 0.3) is 0 Å². The van der Waals surface area contributed by atoms with Crippen LogP contribution in [0.25, 0.3) is 10.9 Å². The van der Waals surface area contributed by atoms with Gasteiger partial charge < -0.3 is 10.3 Å². The molecule has 0 amide bonds. The largest absolute Gasteiger partial charge is 0.361 e. The zero-order valence-electron chi connectivity index (χ0n) is 9.33. The van der Waals surface area contributed by atoms with E-state index in [-0.39, 0.29) is 0 Å². The first-order valence-electron chi connectivity index (χ1n) is 5.46. The predicted octanol–water partition coefficient (Wildman–Crippen LogP) is 2.08. The fraction of sp³-hybridized carbons (Fsp3) is 0.333. The van der Waals surface area contributed by atoms with Crippen LogP contribution in [0.3, 0.4) is 0 Å². The third-order valence-corrected chi connectivity index (χ3v) is 3.10. The Labute approximate surface area is 101 Å². The van der Waals surface area contributed by atoms with Gasteiger partial charge in [-0.2, -0.15) is 0 Å². The fourth-order valence-electron chi connectivity index (χ4n) is 1.75. The molecule has 2 rings (SSSR count). The van der Waals surface area contributed by atoms with E-state index in [1.807, 2.05) is 6.07 Å². The summed E-state index contributed by atoms with van der Waals surface area (Å²) in [6, 6.07) is 8.72. The summed E-state index contributed by atoms with van der Waals surface area (Å²) in [5.74, 6) is 0. The summed E-state index contributed by atoms with van der Waals surface area (Å²) in [6.07, 6.45) is 2.07. The Morgan fingerprint density at radius 1 is 1.38 bits per heavy atom. The minimum absolute atomic E-state index is 0.369. The van der Waals surface area contributed by atoms with Gasteiger partial charge >= 0.3 is 0 Å². The third kappa shape index (κ3) is 2.58. The molecule has 2 aromatic rings. The quantitative estimate of drug-likeness (QED) is 0.599. The lowest BCUT2D eigenvalue weighted by Crippen LogP contribution is -2.31. The van der Waals surface area contributed by atoms with Gasteiger partial charge in [0.05, 0.1) is 0 Å². The topological polar surface area (TPSA) is 39.9 Å². The highest BCUT2D eigenvalue weighted by atomic mass is 32.1. The molecule has 1 heterocycles. The van der Waals surface area contributed by atoms with Gasteiger partial charge in [-0.25, -0.2) is 0 Å². The van der Waals surface area contributed by atoms with Crippen LogP contribution in [-0.2, 0) is 6.54 Å². The zero-order chi connectivity index (χ0) is 11.4. The molecule has 1 atom stereocenters. The van der Waals surface area contributed by atoms with Crippen LogP contribution in [0.15, 0.2) is 30.5 Å². The summed E-state index contributed by atoms with van der Waals surface area (Å²) < 4.78 is 2.91. The van der Waals surface area contributed by atoms with Gasteiger partial charge in [0.1, 0.15) is 0 Å². The molecule has 0 fully saturated rings. The van der Waals surface area contributed by atoms with Gasteiger partial charge in [0, 0.05) is 36.2 Å². The maximum Gasteiger partial charge on any atom is 0.0457 e. The normalized spacial score (nSPS) is 13.1. The Hall–Kier alpha value is -0.970. The lowest BCUT2D eigenvalue weighted by molar-refractivity contribution is 0.588. The van der Waals surface area contributed by atoms with Crippen LogP contribution in [-0.4, -0.2) is 17.6 Å². The summed E-state index contributed by atoms with van der Waals surface area (Å²) in [6.45, 7) is 3.88. The number of H-pyrrole nitrogens is 1. The average molecular weight is 235 g/mol. The lowest BCUT2D eigenvalue weighted by atomic mass is 10.2. The highest BCUT2D eigenvalue weighted by Gasteiger charge is 2.03. The number of thiol groups is 1. The number of aromatic amines is 1. The van der Waals surface area contributed by atoms with E-state index < -0.39 is 0 Å². The van der Waals surface area contributed by atoms with Crippen molar-refractivity contribution in [3.63, 3.8) is 0 Å². The highest BCUT2D eigenvalue weighted by molar-refractivity contribution is 7.78. The molecular weight excluding hydrogens is 218 g/mol. The van der Waals surface area contributed by atoms with Crippen molar-refractivity contribution in [1.29, 1.82) is 0 Å². The van der Waals surface area contributed by atoms with Gasteiger partial charge in [-0.3, -0.25) is 4.72 Å². The fourth-order valence-corrected chi connectivity index (χ4v) is 1.84. The number of para-hydroxylation sites is 1. The molecule has 0 aliphatic rings. The second-order valence-corrected chi connectivity index (χ2v) is 4.28. The van der Waals surface area contributed by atoms with Gasteiger partial charge in [-0.1, -0.05) is 31.0 Å². The van der Waals surface area contributed by atoms with Crippen molar-refractivity contribution >= 4 is 23.7 Å². The summed E-state index contributed by atoms with van der Waals surface area (Å²) in [5.41, 5.74) is 2.50. The van der Waals surface area contributed by atoms with E-state index in [4.69, 9.17) is 0 Å². The molecular formula is C12H17N3S. The molecule has 0 radical (unpaired) electrons. The molecule has 0 aliphatic carbocycles. The van der Waals surface area contributed by atoms with Crippen molar-refractivity contribution in [3.05, 3.63) is 36.0 Å². The van der Waals surface area contributed by atoms with Crippen LogP contribution in [0.2, 0.25) is 0 Å². The molecule has 86 valence electrons. The van der Waals surface area contributed by atoms with Crippen molar-refractivity contribution in [2.24, 2.45) is 0 Å². The number of nitrogens with one attached hydrogen (secondary N) is 3. The number of hydrogen-bond donors (Lipinski definition) is 4. The molecule has 4 heteroatoms. The van der Waals surface area contributed by atoms with Crippen LogP contribution in [0.4, 0.5) is 0 Å². The third-order valence-electron chi connectivity index (χ3n) is 2.66. The molecule has 0 saturated heterocycles. The van der Waals surface area contributed by atoms with Crippen molar-refractivity contribution in [2.45, 2.75) is 19.5 Å². The monoisotopic (exact) mass is 235 g/mol. The summed E-state index contributed by atoms with van der Waals surface area (Å²) >= 11 is 4.03. The molecule has 0 spiro atoms. The molecule has 1 unspecified atom stereocenters. The molecule has 3 nitrogen and oxygen atoms in total. The first kappa shape index (κ1) is 11.5. The lowest BCUT2D eigenvalue weighted by Gasteiger charge is -2.10. The van der Waals surface area contributed by atoms with Crippen molar-refractivity contribution < 1.29 is 0 Å². The Kier molecular flexibility index (Phi) is 3.88. The maximum atomic E-state index is 4.03. The van der Waals surface area contributed by atoms with Crippen LogP contribution in [0.5, 0.6) is 0 Å². The molecule has 16 heavy (non-hydrogen) atoms. The molecule has 1 aromatic carbocycles. The van der Waals surface area contributed by atoms with Crippen LogP contribution < -0.4 is 10.0 Å². The minimum atomic E-state index is 0.369. The standard InChI is InChI=1S/C12H17N3S/c1-9(15-16)6-13-7-10-8-14-12-5-3-2-4-11(10)12/h2-5,8-9,13-16H,6-7H2,1H3. The van der Waals surface area contributed by atoms with E-state index in [0.717, 1.165) is 13.1 Å². The number of hydrogen-bond acceptors (Lipinski definition) is 3. The average Bonchev–Trinajstić information content (AvgIpc) is 2.73. The molecule has 0 aliphatic heterocycles. The van der Waals surface area contributed by atoms with E-state index in [1.165, 1.54) is 16.5 Å². The van der Waals surface area contributed by atoms with E-state index >= 15 is 0 Å². The Morgan fingerprint density at radius 3 is 3.00 bits per heavy atom. The van der Waals surface area contributed by atoms with Gasteiger partial charge in [-0.05, 0) is 18.6 Å². The Morgan fingerprint density at radius 2 is 2.19 bits per heavy atom. The van der Waals surface area contributed by atoms with Crippen LogP contribution in [0, 0.1) is 0 Å². The van der Waals surface area contributed by atoms with Crippen molar-refractivity contribution in [2.75, 3.05) is 6.54 Å². The number of fused-ring (bicyclic) bond motifs is 1. The summed E-state index contributed by atoms with van der Waals surface area (Å²) in [4.78, 5) is 3.27. The summed E-state index contributed by atoms with van der Waals surface area (Å²) in [5, 5.41) is 4.69. The second-order valence-electron chi connectivity index (χ2n) is 4.02. The van der Waals surface area contributed by atoms with E-state index in [1.54, 1.807) is 0 Å². The van der Waals surface area contributed by atoms with E-state index in [0.29, 0.717) is 6.04 Å². The number of rotatable bonds is 5. The first-order valence-corrected chi connectivity index (χ1v) is 5.91. The molecule has 0 saturated carbocycles. The van der Waals surface area contributed by atoms with E-state index in [2.05, 4.69) is 59.2 Å². The van der Waals surface area contributed by atoms with Crippen molar-refractivity contribution in [3.8, 4) is 0 Å². The number of benzene rings is 1. The first-order chi connectivity index (χ1) is 7.81. The Bertz CT molecular complexity index is 452. The molecule has 1 aromatic heterocycles. The zero-order valence-corrected chi connectivity index (χ0v) is 10.2. The maximum absolute atomic E-state index is 4.03. The molecule has 3 N–H and O–H groups in total. The molecule has 0 bridgehead atoms. The van der Waals surface area contributed by atoms with Gasteiger partial charge in [0.15, 0.2) is 0 Å². The number of aromatic nitrogens is 1. The predicted molar refractivity (Wildman–Crippen MR) is 71.6 cm³/mol. The van der Waals surface area contributed by atoms with Gasteiger partial charge in [0.2, 0.25) is 0 Å². The van der Waals surface area contributed by atoms with Crippen LogP contribution in [0.1, 0.15) is 12.5 Å². The minimum Gasteiger partial charge on any atom is -0.361 e. The van der Waals surface area contributed by atoms with Crippen LogP contribution >= 0.6 is 12.8 Å².